The predicted molar refractivity (Wildman–Crippen MR) is 120 cm³/mol. The summed E-state index contributed by atoms with van der Waals surface area (Å²) in [7, 11) is -6.06. The maximum absolute atomic E-state index is 12.2. The van der Waals surface area contributed by atoms with E-state index in [0.29, 0.717) is 10.8 Å². The van der Waals surface area contributed by atoms with E-state index in [1.807, 2.05) is 0 Å². The number of nitrogens with zero attached hydrogens (tertiary/aromatic N) is 2. The molecule has 0 saturated carbocycles. The fourth-order valence-electron chi connectivity index (χ4n) is 2.58. The summed E-state index contributed by atoms with van der Waals surface area (Å²) >= 11 is 0. The van der Waals surface area contributed by atoms with E-state index in [9.17, 15) is 37.1 Å². The Bertz CT molecular complexity index is 1240. The average Bonchev–Trinajstić information content (AvgIpc) is 2.75. The van der Waals surface area contributed by atoms with Crippen LogP contribution in [-0.4, -0.2) is 46.0 Å². The summed E-state index contributed by atoms with van der Waals surface area (Å²) < 4.78 is 58.7. The zero-order chi connectivity index (χ0) is 24.8. The van der Waals surface area contributed by atoms with E-state index in [1.165, 1.54) is 38.5 Å². The van der Waals surface area contributed by atoms with Crippen LogP contribution in [0, 0.1) is 20.2 Å². The zero-order valence-electron chi connectivity index (χ0n) is 17.3. The highest BCUT2D eigenvalue weighted by atomic mass is 32.3. The molecule has 0 aromatic heterocycles. The molecule has 0 fully saturated rings. The Morgan fingerprint density at radius 2 is 1.12 bits per heavy atom. The Hall–Kier alpha value is -3.78. The smallest absolute Gasteiger partial charge is 0.311 e. The Kier molecular flexibility index (Phi) is 7.90. The average molecular weight is 498 g/mol. The van der Waals surface area contributed by atoms with E-state index in [0.717, 1.165) is 24.3 Å². The third kappa shape index (κ3) is 7.11. The molecule has 14 heteroatoms. The third-order valence-corrected chi connectivity index (χ3v) is 7.79. The first-order valence-corrected chi connectivity index (χ1v) is 12.3. The lowest BCUT2D eigenvalue weighted by molar-refractivity contribution is -0.385. The second-order valence-electron chi connectivity index (χ2n) is 6.43. The van der Waals surface area contributed by atoms with Gasteiger partial charge in [-0.15, -0.1) is 0 Å². The van der Waals surface area contributed by atoms with E-state index < -0.39 is 34.6 Å². The Morgan fingerprint density at radius 1 is 0.758 bits per heavy atom. The lowest BCUT2D eigenvalue weighted by Gasteiger charge is -2.03. The minimum absolute atomic E-state index is 0.0218. The molecule has 2 aromatic rings. The van der Waals surface area contributed by atoms with Crippen molar-refractivity contribution in [2.75, 3.05) is 19.3 Å². The largest absolute Gasteiger partial charge is 0.490 e. The van der Waals surface area contributed by atoms with Crippen molar-refractivity contribution in [1.29, 1.82) is 0 Å². The predicted octanol–water partition coefficient (Wildman–Crippen LogP) is 2.95. The van der Waals surface area contributed by atoms with Gasteiger partial charge in [0.15, 0.2) is 36.3 Å². The molecule has 0 heterocycles. The number of hydrogen-bond acceptors (Lipinski definition) is 10. The SMILES string of the molecule is COc1ccc(C=CS(=O)(=O)CS(=O)(=O)/C=C\c2ccc(OC)c([N+](=O)[O-])c2)cc1[N+](=O)[O-]. The first-order valence-electron chi connectivity index (χ1n) is 8.84. The summed E-state index contributed by atoms with van der Waals surface area (Å²) in [5.74, 6) is -0.0435. The van der Waals surface area contributed by atoms with Crippen LogP contribution >= 0.6 is 0 Å². The summed E-state index contributed by atoms with van der Waals surface area (Å²) in [4.78, 5) is 20.7. The topological polar surface area (TPSA) is 173 Å². The maximum Gasteiger partial charge on any atom is 0.311 e. The molecule has 33 heavy (non-hydrogen) atoms. The van der Waals surface area contributed by atoms with Crippen LogP contribution in [0.1, 0.15) is 11.1 Å². The molecule has 0 N–H and O–H groups in total. The van der Waals surface area contributed by atoms with Gasteiger partial charge in [0.25, 0.3) is 0 Å². The van der Waals surface area contributed by atoms with E-state index in [4.69, 9.17) is 9.47 Å². The van der Waals surface area contributed by atoms with E-state index in [-0.39, 0.29) is 34.0 Å². The number of sulfone groups is 2. The van der Waals surface area contributed by atoms with Crippen LogP contribution in [0.15, 0.2) is 47.2 Å². The summed E-state index contributed by atoms with van der Waals surface area (Å²) in [6.45, 7) is 0. The summed E-state index contributed by atoms with van der Waals surface area (Å²) in [6.07, 6.45) is 2.04. The summed E-state index contributed by atoms with van der Waals surface area (Å²) in [6, 6.07) is 7.44. The van der Waals surface area contributed by atoms with Gasteiger partial charge < -0.3 is 9.47 Å². The molecule has 0 saturated heterocycles. The van der Waals surface area contributed by atoms with Crippen molar-refractivity contribution in [3.05, 3.63) is 78.6 Å². The van der Waals surface area contributed by atoms with Crippen LogP contribution in [0.25, 0.3) is 12.2 Å². The van der Waals surface area contributed by atoms with Crippen molar-refractivity contribution in [3.8, 4) is 11.5 Å². The number of rotatable bonds is 10. The lowest BCUT2D eigenvalue weighted by atomic mass is 10.2. The van der Waals surface area contributed by atoms with Gasteiger partial charge in [-0.05, 0) is 35.4 Å². The Labute approximate surface area is 188 Å². The maximum atomic E-state index is 12.2. The molecular formula is C19H18N2O10S2. The molecule has 2 aromatic carbocycles. The minimum Gasteiger partial charge on any atom is -0.490 e. The van der Waals surface area contributed by atoms with Crippen molar-refractivity contribution in [2.45, 2.75) is 0 Å². The van der Waals surface area contributed by atoms with Crippen molar-refractivity contribution in [3.63, 3.8) is 0 Å². The second-order valence-corrected chi connectivity index (χ2v) is 10.6. The number of hydrogen-bond donors (Lipinski definition) is 0. The van der Waals surface area contributed by atoms with E-state index in [1.54, 1.807) is 0 Å². The molecule has 0 spiro atoms. The fraction of sp³-hybridized carbons (Fsp3) is 0.158. The Balaban J connectivity index is 2.22. The van der Waals surface area contributed by atoms with E-state index >= 15 is 0 Å². The molecule has 176 valence electrons. The molecule has 2 rings (SSSR count). The van der Waals surface area contributed by atoms with Gasteiger partial charge in [0, 0.05) is 22.9 Å². The van der Waals surface area contributed by atoms with Crippen molar-refractivity contribution in [2.24, 2.45) is 0 Å². The van der Waals surface area contributed by atoms with Gasteiger partial charge in [-0.3, -0.25) is 20.2 Å². The van der Waals surface area contributed by atoms with Gasteiger partial charge in [-0.25, -0.2) is 16.8 Å². The van der Waals surface area contributed by atoms with Crippen LogP contribution in [-0.2, 0) is 19.7 Å². The number of ether oxygens (including phenoxy) is 2. The number of methoxy groups -OCH3 is 2. The second kappa shape index (κ2) is 10.2. The molecule has 0 aliphatic heterocycles. The van der Waals surface area contributed by atoms with Crippen LogP contribution in [0.2, 0.25) is 0 Å². The molecular weight excluding hydrogens is 480 g/mol. The molecule has 0 aliphatic carbocycles. The molecule has 0 unspecified atom stereocenters. The van der Waals surface area contributed by atoms with Gasteiger partial charge in [0.2, 0.25) is 0 Å². The molecule has 0 atom stereocenters. The number of nitro benzene ring substituents is 2. The minimum atomic E-state index is -4.27. The summed E-state index contributed by atoms with van der Waals surface area (Å²) in [5.41, 5.74) is -0.489. The Morgan fingerprint density at radius 3 is 1.42 bits per heavy atom. The normalized spacial score (nSPS) is 12.2. The highest BCUT2D eigenvalue weighted by Gasteiger charge is 2.19. The first-order chi connectivity index (χ1) is 15.4. The fourth-order valence-corrected chi connectivity index (χ4v) is 5.77. The van der Waals surface area contributed by atoms with Gasteiger partial charge in [0.1, 0.15) is 0 Å². The zero-order valence-corrected chi connectivity index (χ0v) is 18.9. The quantitative estimate of drug-likeness (QED) is 0.350. The van der Waals surface area contributed by atoms with Crippen molar-refractivity contribution >= 4 is 43.2 Å². The molecule has 0 radical (unpaired) electrons. The molecule has 0 bridgehead atoms. The van der Waals surface area contributed by atoms with Gasteiger partial charge in [-0.1, -0.05) is 12.1 Å². The summed E-state index contributed by atoms with van der Waals surface area (Å²) in [5, 5.41) is 22.1. The standard InChI is InChI=1S/C19H18N2O10S2/c1-30-18-5-3-14(11-16(18)20(22)23)7-9-32(26,27)13-33(28,29)10-8-15-4-6-19(31-2)17(12-15)21(24)25/h3-12H,13H2,1-2H3/b9-7-,10-8?. The van der Waals surface area contributed by atoms with Gasteiger partial charge >= 0.3 is 11.4 Å². The van der Waals surface area contributed by atoms with E-state index in [2.05, 4.69) is 0 Å². The van der Waals surface area contributed by atoms with Crippen LogP contribution in [0.5, 0.6) is 11.5 Å². The molecule has 12 nitrogen and oxygen atoms in total. The number of benzene rings is 2. The lowest BCUT2D eigenvalue weighted by Crippen LogP contribution is -2.11. The van der Waals surface area contributed by atoms with Gasteiger partial charge in [-0.2, -0.15) is 0 Å². The van der Waals surface area contributed by atoms with Crippen molar-refractivity contribution < 1.29 is 36.2 Å². The van der Waals surface area contributed by atoms with Gasteiger partial charge in [0.05, 0.1) is 24.1 Å². The highest BCUT2D eigenvalue weighted by Crippen LogP contribution is 2.29. The van der Waals surface area contributed by atoms with Crippen molar-refractivity contribution in [1.82, 2.24) is 0 Å². The molecule has 0 amide bonds. The molecule has 0 aliphatic rings. The van der Waals surface area contributed by atoms with Crippen LogP contribution < -0.4 is 9.47 Å². The third-order valence-electron chi connectivity index (χ3n) is 4.06. The van der Waals surface area contributed by atoms with Crippen LogP contribution in [0.4, 0.5) is 11.4 Å². The number of nitro groups is 2. The monoisotopic (exact) mass is 498 g/mol. The first kappa shape index (κ1) is 25.5. The highest BCUT2D eigenvalue weighted by molar-refractivity contribution is 8.10. The van der Waals surface area contributed by atoms with Crippen LogP contribution in [0.3, 0.4) is 0 Å².